The van der Waals surface area contributed by atoms with Crippen molar-refractivity contribution in [3.05, 3.63) is 41.3 Å². The molecule has 146 valence electrons. The zero-order chi connectivity index (χ0) is 20.2. The van der Waals surface area contributed by atoms with Gasteiger partial charge in [0.1, 0.15) is 0 Å². The standard InChI is InChI=1S/C16H18F3N5O3/c1-4-27-15(26)23-22-14(25)11-8-21-24(13(11)9(2)3)12-6-5-10(7-20-12)16(17,18)19/h5-9H,4H2,1-3H3,(H,22,25)(H,23,26). The fourth-order valence-electron chi connectivity index (χ4n) is 2.29. The van der Waals surface area contributed by atoms with E-state index in [2.05, 4.69) is 25.7 Å². The number of aromatic nitrogens is 3. The van der Waals surface area contributed by atoms with Gasteiger partial charge in [-0.25, -0.2) is 19.9 Å². The third-order valence-electron chi connectivity index (χ3n) is 3.44. The summed E-state index contributed by atoms with van der Waals surface area (Å²) in [5.41, 5.74) is 3.95. The minimum atomic E-state index is -4.50. The van der Waals surface area contributed by atoms with Crippen LogP contribution in [-0.2, 0) is 10.9 Å². The Balaban J connectivity index is 2.29. The zero-order valence-electron chi connectivity index (χ0n) is 14.8. The summed E-state index contributed by atoms with van der Waals surface area (Å²) in [6.07, 6.45) is -3.38. The van der Waals surface area contributed by atoms with E-state index in [1.165, 1.54) is 16.9 Å². The molecule has 0 atom stereocenters. The molecule has 0 saturated carbocycles. The lowest BCUT2D eigenvalue weighted by molar-refractivity contribution is -0.137. The van der Waals surface area contributed by atoms with Gasteiger partial charge in [0, 0.05) is 6.20 Å². The van der Waals surface area contributed by atoms with Gasteiger partial charge in [0.05, 0.1) is 29.6 Å². The topological polar surface area (TPSA) is 98.1 Å². The van der Waals surface area contributed by atoms with Crippen molar-refractivity contribution in [2.24, 2.45) is 0 Å². The molecule has 2 heterocycles. The lowest BCUT2D eigenvalue weighted by atomic mass is 10.1. The molecule has 2 aromatic heterocycles. The number of hydrogen-bond acceptors (Lipinski definition) is 5. The average molecular weight is 385 g/mol. The van der Waals surface area contributed by atoms with Crippen molar-refractivity contribution in [1.82, 2.24) is 25.6 Å². The number of hydrazine groups is 1. The van der Waals surface area contributed by atoms with E-state index in [9.17, 15) is 22.8 Å². The minimum Gasteiger partial charge on any atom is -0.449 e. The Hall–Kier alpha value is -3.11. The van der Waals surface area contributed by atoms with E-state index in [-0.39, 0.29) is 23.9 Å². The molecular formula is C16H18F3N5O3. The number of carbonyl (C=O) groups is 2. The van der Waals surface area contributed by atoms with E-state index in [4.69, 9.17) is 0 Å². The first-order valence-electron chi connectivity index (χ1n) is 7.99. The number of alkyl halides is 3. The molecule has 0 fully saturated rings. The van der Waals surface area contributed by atoms with Gasteiger partial charge in [0.15, 0.2) is 5.82 Å². The molecule has 0 saturated heterocycles. The van der Waals surface area contributed by atoms with Crippen molar-refractivity contribution in [3.8, 4) is 5.82 Å². The molecule has 2 aromatic rings. The van der Waals surface area contributed by atoms with Crippen LogP contribution >= 0.6 is 0 Å². The Labute approximate surface area is 152 Å². The highest BCUT2D eigenvalue weighted by molar-refractivity contribution is 5.96. The lowest BCUT2D eigenvalue weighted by Crippen LogP contribution is -2.42. The fraction of sp³-hybridized carbons (Fsp3) is 0.375. The number of rotatable bonds is 4. The number of ether oxygens (including phenoxy) is 1. The summed E-state index contributed by atoms with van der Waals surface area (Å²) in [5, 5.41) is 4.05. The van der Waals surface area contributed by atoms with Crippen LogP contribution in [0.1, 0.15) is 48.3 Å². The molecule has 2 amide bonds. The first-order valence-corrected chi connectivity index (χ1v) is 7.99. The van der Waals surface area contributed by atoms with Crippen LogP contribution in [0.5, 0.6) is 0 Å². The Morgan fingerprint density at radius 3 is 2.44 bits per heavy atom. The smallest absolute Gasteiger partial charge is 0.426 e. The third-order valence-corrected chi connectivity index (χ3v) is 3.44. The largest absolute Gasteiger partial charge is 0.449 e. The first-order chi connectivity index (χ1) is 12.6. The summed E-state index contributed by atoms with van der Waals surface area (Å²) >= 11 is 0. The van der Waals surface area contributed by atoms with Crippen molar-refractivity contribution in [2.45, 2.75) is 32.9 Å². The van der Waals surface area contributed by atoms with E-state index >= 15 is 0 Å². The molecule has 0 aliphatic carbocycles. The van der Waals surface area contributed by atoms with E-state index in [1.54, 1.807) is 20.8 Å². The molecular weight excluding hydrogens is 367 g/mol. The molecule has 0 bridgehead atoms. The van der Waals surface area contributed by atoms with Gasteiger partial charge in [-0.3, -0.25) is 10.2 Å². The second-order valence-electron chi connectivity index (χ2n) is 5.71. The summed E-state index contributed by atoms with van der Waals surface area (Å²) in [4.78, 5) is 27.4. The minimum absolute atomic E-state index is 0.129. The van der Waals surface area contributed by atoms with Gasteiger partial charge in [-0.1, -0.05) is 13.8 Å². The van der Waals surface area contributed by atoms with Gasteiger partial charge in [0.25, 0.3) is 5.91 Å². The molecule has 2 N–H and O–H groups in total. The number of nitrogens with one attached hydrogen (secondary N) is 2. The molecule has 2 rings (SSSR count). The molecule has 0 spiro atoms. The first kappa shape index (κ1) is 20.2. The second kappa shape index (κ2) is 8.06. The van der Waals surface area contributed by atoms with Crippen molar-refractivity contribution in [3.63, 3.8) is 0 Å². The van der Waals surface area contributed by atoms with Gasteiger partial charge >= 0.3 is 12.3 Å². The van der Waals surface area contributed by atoms with Crippen LogP contribution in [0, 0.1) is 0 Å². The normalized spacial score (nSPS) is 11.4. The quantitative estimate of drug-likeness (QED) is 0.789. The number of carbonyl (C=O) groups excluding carboxylic acids is 2. The zero-order valence-corrected chi connectivity index (χ0v) is 14.8. The number of halogens is 3. The van der Waals surface area contributed by atoms with Crippen molar-refractivity contribution >= 4 is 12.0 Å². The monoisotopic (exact) mass is 385 g/mol. The van der Waals surface area contributed by atoms with Gasteiger partial charge < -0.3 is 4.74 Å². The molecule has 8 nitrogen and oxygen atoms in total. The summed E-state index contributed by atoms with van der Waals surface area (Å²) in [6, 6.07) is 2.05. The van der Waals surface area contributed by atoms with Crippen LogP contribution in [-0.4, -0.2) is 33.4 Å². The van der Waals surface area contributed by atoms with Gasteiger partial charge in [-0.2, -0.15) is 18.3 Å². The Morgan fingerprint density at radius 1 is 1.22 bits per heavy atom. The molecule has 27 heavy (non-hydrogen) atoms. The highest BCUT2D eigenvalue weighted by Crippen LogP contribution is 2.29. The Kier molecular flexibility index (Phi) is 6.03. The van der Waals surface area contributed by atoms with Gasteiger partial charge in [-0.05, 0) is 25.0 Å². The van der Waals surface area contributed by atoms with Gasteiger partial charge in [-0.15, -0.1) is 0 Å². The number of hydrogen-bond donors (Lipinski definition) is 2. The molecule has 0 aromatic carbocycles. The maximum absolute atomic E-state index is 12.7. The number of nitrogens with zero attached hydrogens (tertiary/aromatic N) is 3. The summed E-state index contributed by atoms with van der Waals surface area (Å²) < 4.78 is 44.0. The average Bonchev–Trinajstić information content (AvgIpc) is 3.04. The predicted octanol–water partition coefficient (Wildman–Crippen LogP) is 2.80. The summed E-state index contributed by atoms with van der Waals surface area (Å²) in [5.74, 6) is -0.728. The molecule has 0 aliphatic heterocycles. The van der Waals surface area contributed by atoms with Crippen LogP contribution in [0.15, 0.2) is 24.5 Å². The van der Waals surface area contributed by atoms with Crippen molar-refractivity contribution in [2.75, 3.05) is 6.61 Å². The number of amides is 2. The molecule has 11 heteroatoms. The molecule has 0 unspecified atom stereocenters. The SMILES string of the molecule is CCOC(=O)NNC(=O)c1cnn(-c2ccc(C(F)(F)F)cn2)c1C(C)C. The lowest BCUT2D eigenvalue weighted by Gasteiger charge is -2.13. The van der Waals surface area contributed by atoms with Crippen molar-refractivity contribution in [1.29, 1.82) is 0 Å². The predicted molar refractivity (Wildman–Crippen MR) is 88.1 cm³/mol. The van der Waals surface area contributed by atoms with E-state index in [1.807, 2.05) is 0 Å². The van der Waals surface area contributed by atoms with Crippen LogP contribution < -0.4 is 10.9 Å². The Morgan fingerprint density at radius 2 is 1.93 bits per heavy atom. The molecule has 0 aliphatic rings. The van der Waals surface area contributed by atoms with E-state index < -0.39 is 23.7 Å². The fourth-order valence-corrected chi connectivity index (χ4v) is 2.29. The Bertz CT molecular complexity index is 816. The van der Waals surface area contributed by atoms with Crippen LogP contribution in [0.2, 0.25) is 0 Å². The van der Waals surface area contributed by atoms with Crippen LogP contribution in [0.4, 0.5) is 18.0 Å². The van der Waals surface area contributed by atoms with Crippen molar-refractivity contribution < 1.29 is 27.5 Å². The molecule has 0 radical (unpaired) electrons. The summed E-state index contributed by atoms with van der Waals surface area (Å²) in [6.45, 7) is 5.32. The maximum Gasteiger partial charge on any atom is 0.426 e. The summed E-state index contributed by atoms with van der Waals surface area (Å²) in [7, 11) is 0. The van der Waals surface area contributed by atoms with E-state index in [0.29, 0.717) is 11.9 Å². The van der Waals surface area contributed by atoms with E-state index in [0.717, 1.165) is 6.07 Å². The van der Waals surface area contributed by atoms with Crippen LogP contribution in [0.3, 0.4) is 0 Å². The maximum atomic E-state index is 12.7. The van der Waals surface area contributed by atoms with Crippen LogP contribution in [0.25, 0.3) is 5.82 Å². The second-order valence-corrected chi connectivity index (χ2v) is 5.71. The van der Waals surface area contributed by atoms with Gasteiger partial charge in [0.2, 0.25) is 0 Å². The highest BCUT2D eigenvalue weighted by atomic mass is 19.4. The third kappa shape index (κ3) is 4.74. The number of pyridine rings is 1. The highest BCUT2D eigenvalue weighted by Gasteiger charge is 2.31.